The third-order valence-corrected chi connectivity index (χ3v) is 4.51. The Kier molecular flexibility index (Phi) is 5.16. The molecule has 2 heterocycles. The van der Waals surface area contributed by atoms with Gasteiger partial charge in [-0.2, -0.15) is 0 Å². The van der Waals surface area contributed by atoms with Gasteiger partial charge in [0.2, 0.25) is 0 Å². The first kappa shape index (κ1) is 15.8. The minimum absolute atomic E-state index is 0.0858. The Labute approximate surface area is 136 Å². The van der Waals surface area contributed by atoms with E-state index in [1.165, 1.54) is 12.8 Å². The molecule has 124 valence electrons. The normalized spacial score (nSPS) is 20.9. The molecule has 5 heteroatoms. The maximum absolute atomic E-state index is 12.2. The Hall–Kier alpha value is -2.04. The highest BCUT2D eigenvalue weighted by Crippen LogP contribution is 2.27. The van der Waals surface area contributed by atoms with E-state index in [0.29, 0.717) is 13.0 Å². The summed E-state index contributed by atoms with van der Waals surface area (Å²) < 4.78 is 10.8. The quantitative estimate of drug-likeness (QED) is 0.802. The van der Waals surface area contributed by atoms with Crippen LogP contribution in [0.5, 0.6) is 5.75 Å². The zero-order valence-electron chi connectivity index (χ0n) is 13.3. The second-order valence-corrected chi connectivity index (χ2v) is 6.22. The van der Waals surface area contributed by atoms with Gasteiger partial charge in [0, 0.05) is 13.1 Å². The lowest BCUT2D eigenvalue weighted by Crippen LogP contribution is -2.37. The molecule has 0 aromatic heterocycles. The summed E-state index contributed by atoms with van der Waals surface area (Å²) >= 11 is 0. The number of ether oxygens (including phenoxy) is 2. The Morgan fingerprint density at radius 3 is 2.65 bits per heavy atom. The minimum Gasteiger partial charge on any atom is -0.492 e. The molecular weight excluding hydrogens is 294 g/mol. The number of para-hydroxylation sites is 1. The summed E-state index contributed by atoms with van der Waals surface area (Å²) in [5, 5.41) is 0. The molecule has 5 nitrogen and oxygen atoms in total. The second-order valence-electron chi connectivity index (χ2n) is 6.22. The van der Waals surface area contributed by atoms with Crippen molar-refractivity contribution in [3.05, 3.63) is 29.8 Å². The molecule has 0 N–H and O–H groups in total. The smallest absolute Gasteiger partial charge is 0.313 e. The molecule has 3 rings (SSSR count). The molecule has 0 bridgehead atoms. The molecule has 1 aromatic rings. The van der Waals surface area contributed by atoms with Gasteiger partial charge in [-0.25, -0.2) is 0 Å². The van der Waals surface area contributed by atoms with Crippen LogP contribution in [0, 0.1) is 5.92 Å². The van der Waals surface area contributed by atoms with Crippen molar-refractivity contribution in [3.63, 3.8) is 0 Å². The van der Waals surface area contributed by atoms with Crippen LogP contribution in [0.4, 0.5) is 0 Å². The van der Waals surface area contributed by atoms with E-state index in [0.717, 1.165) is 37.2 Å². The zero-order chi connectivity index (χ0) is 16.1. The Bertz CT molecular complexity index is 564. The topological polar surface area (TPSA) is 55.8 Å². The molecule has 2 aliphatic heterocycles. The van der Waals surface area contributed by atoms with E-state index < -0.39 is 0 Å². The second kappa shape index (κ2) is 7.49. The van der Waals surface area contributed by atoms with Gasteiger partial charge in [-0.3, -0.25) is 9.59 Å². The third-order valence-electron chi connectivity index (χ3n) is 4.51. The summed E-state index contributed by atoms with van der Waals surface area (Å²) in [7, 11) is 0. The molecule has 1 saturated heterocycles. The van der Waals surface area contributed by atoms with Crippen molar-refractivity contribution in [3.8, 4) is 5.75 Å². The number of carbonyl (C=O) groups excluding carboxylic acids is 2. The van der Waals surface area contributed by atoms with Gasteiger partial charge >= 0.3 is 5.97 Å². The maximum Gasteiger partial charge on any atom is 0.313 e. The fourth-order valence-electron chi connectivity index (χ4n) is 3.14. The molecule has 1 amide bonds. The van der Waals surface area contributed by atoms with Gasteiger partial charge in [-0.05, 0) is 30.9 Å². The van der Waals surface area contributed by atoms with Crippen molar-refractivity contribution in [1.29, 1.82) is 0 Å². The Morgan fingerprint density at radius 2 is 1.87 bits per heavy atom. The van der Waals surface area contributed by atoms with Gasteiger partial charge < -0.3 is 14.4 Å². The van der Waals surface area contributed by atoms with Crippen LogP contribution in [0.1, 0.15) is 31.2 Å². The highest BCUT2D eigenvalue weighted by molar-refractivity contribution is 5.81. The summed E-state index contributed by atoms with van der Waals surface area (Å²) in [6.07, 6.45) is 5.01. The highest BCUT2D eigenvalue weighted by atomic mass is 16.5. The minimum atomic E-state index is -0.345. The van der Waals surface area contributed by atoms with Crippen LogP contribution in [0.25, 0.3) is 0 Å². The van der Waals surface area contributed by atoms with E-state index in [4.69, 9.17) is 9.47 Å². The van der Waals surface area contributed by atoms with Crippen LogP contribution in [0.3, 0.4) is 0 Å². The first-order valence-corrected chi connectivity index (χ1v) is 8.39. The van der Waals surface area contributed by atoms with Gasteiger partial charge in [0.15, 0.2) is 6.61 Å². The van der Waals surface area contributed by atoms with Crippen LogP contribution < -0.4 is 4.74 Å². The fraction of sp³-hybridized carbons (Fsp3) is 0.556. The first-order chi connectivity index (χ1) is 11.2. The predicted octanol–water partition coefficient (Wildman–Crippen LogP) is 2.18. The fourth-order valence-corrected chi connectivity index (χ4v) is 3.14. The van der Waals surface area contributed by atoms with Gasteiger partial charge in [0.25, 0.3) is 5.91 Å². The molecule has 1 atom stereocenters. The number of hydrogen-bond donors (Lipinski definition) is 0. The largest absolute Gasteiger partial charge is 0.492 e. The molecule has 1 unspecified atom stereocenters. The molecular formula is C18H23NO4. The predicted molar refractivity (Wildman–Crippen MR) is 85.1 cm³/mol. The number of esters is 1. The average Bonchev–Trinajstić information content (AvgIpc) is 2.88. The van der Waals surface area contributed by atoms with Crippen LogP contribution >= 0.6 is 0 Å². The van der Waals surface area contributed by atoms with Gasteiger partial charge in [0.05, 0.1) is 5.92 Å². The standard InChI is InChI=1S/C18H23NO4/c20-17(19-9-5-1-2-6-10-19)13-23-18(21)15-11-14-7-3-4-8-16(14)22-12-15/h3-4,7-8,15H,1-2,5-6,9-13H2. The summed E-state index contributed by atoms with van der Waals surface area (Å²) in [5.74, 6) is 0.0686. The summed E-state index contributed by atoms with van der Waals surface area (Å²) in [6, 6.07) is 7.70. The van der Waals surface area contributed by atoms with E-state index in [2.05, 4.69) is 0 Å². The lowest BCUT2D eigenvalue weighted by Gasteiger charge is -2.24. The lowest BCUT2D eigenvalue weighted by atomic mass is 9.97. The van der Waals surface area contributed by atoms with Gasteiger partial charge in [0.1, 0.15) is 12.4 Å². The van der Waals surface area contributed by atoms with Gasteiger partial charge in [-0.15, -0.1) is 0 Å². The van der Waals surface area contributed by atoms with E-state index in [1.54, 1.807) is 0 Å². The molecule has 23 heavy (non-hydrogen) atoms. The number of nitrogens with zero attached hydrogens (tertiary/aromatic N) is 1. The van der Waals surface area contributed by atoms with Crippen LogP contribution in [-0.2, 0) is 20.7 Å². The SMILES string of the molecule is O=C(OCC(=O)N1CCCCCC1)C1COc2ccccc2C1. The third kappa shape index (κ3) is 4.03. The van der Waals surface area contributed by atoms with Crippen molar-refractivity contribution in [2.24, 2.45) is 5.92 Å². The Balaban J connectivity index is 1.49. The van der Waals surface area contributed by atoms with E-state index in [-0.39, 0.29) is 24.4 Å². The van der Waals surface area contributed by atoms with Crippen LogP contribution in [0.2, 0.25) is 0 Å². The number of hydrogen-bond acceptors (Lipinski definition) is 4. The van der Waals surface area contributed by atoms with Crippen molar-refractivity contribution in [1.82, 2.24) is 4.90 Å². The lowest BCUT2D eigenvalue weighted by molar-refractivity contribution is -0.156. The van der Waals surface area contributed by atoms with Crippen molar-refractivity contribution < 1.29 is 19.1 Å². The zero-order valence-corrected chi connectivity index (χ0v) is 13.3. The van der Waals surface area contributed by atoms with Crippen LogP contribution in [0.15, 0.2) is 24.3 Å². The highest BCUT2D eigenvalue weighted by Gasteiger charge is 2.28. The van der Waals surface area contributed by atoms with Crippen LogP contribution in [-0.4, -0.2) is 43.1 Å². The first-order valence-electron chi connectivity index (χ1n) is 8.39. The monoisotopic (exact) mass is 317 g/mol. The molecule has 0 saturated carbocycles. The molecule has 0 radical (unpaired) electrons. The number of carbonyl (C=O) groups is 2. The van der Waals surface area contributed by atoms with E-state index in [9.17, 15) is 9.59 Å². The number of amides is 1. The van der Waals surface area contributed by atoms with E-state index >= 15 is 0 Å². The van der Waals surface area contributed by atoms with Crippen molar-refractivity contribution in [2.75, 3.05) is 26.3 Å². The molecule has 0 aliphatic carbocycles. The average molecular weight is 317 g/mol. The van der Waals surface area contributed by atoms with Gasteiger partial charge in [-0.1, -0.05) is 31.0 Å². The Morgan fingerprint density at radius 1 is 1.13 bits per heavy atom. The summed E-state index contributed by atoms with van der Waals surface area (Å²) in [6.45, 7) is 1.71. The molecule has 1 fully saturated rings. The summed E-state index contributed by atoms with van der Waals surface area (Å²) in [5.41, 5.74) is 1.01. The van der Waals surface area contributed by atoms with Crippen molar-refractivity contribution in [2.45, 2.75) is 32.1 Å². The number of rotatable bonds is 3. The molecule has 1 aromatic carbocycles. The van der Waals surface area contributed by atoms with Crippen molar-refractivity contribution >= 4 is 11.9 Å². The number of benzene rings is 1. The molecule has 0 spiro atoms. The summed E-state index contributed by atoms with van der Waals surface area (Å²) in [4.78, 5) is 26.2. The molecule has 2 aliphatic rings. The maximum atomic E-state index is 12.2. The number of likely N-dealkylation sites (tertiary alicyclic amines) is 1. The number of fused-ring (bicyclic) bond motifs is 1. The van der Waals surface area contributed by atoms with E-state index in [1.807, 2.05) is 29.2 Å².